The van der Waals surface area contributed by atoms with Crippen LogP contribution in [0.4, 0.5) is 17.1 Å². The quantitative estimate of drug-likeness (QED) is 0.182. The van der Waals surface area contributed by atoms with Crippen molar-refractivity contribution in [2.45, 2.75) is 5.41 Å². The minimum atomic E-state index is -0.406. The Labute approximate surface area is 319 Å². The summed E-state index contributed by atoms with van der Waals surface area (Å²) in [4.78, 5) is 2.34. The van der Waals surface area contributed by atoms with E-state index >= 15 is 0 Å². The van der Waals surface area contributed by atoms with E-state index in [1.807, 2.05) is 0 Å². The fraction of sp³-hybridized carbons (Fsp3) is 0.0189. The lowest BCUT2D eigenvalue weighted by molar-refractivity contribution is 0.672. The van der Waals surface area contributed by atoms with Crippen LogP contribution in [0.1, 0.15) is 22.3 Å². The molecule has 0 bridgehead atoms. The molecule has 0 amide bonds. The fourth-order valence-electron chi connectivity index (χ4n) is 9.90. The number of hydrogen-bond acceptors (Lipinski definition) is 2. The van der Waals surface area contributed by atoms with E-state index in [0.29, 0.717) is 0 Å². The minimum absolute atomic E-state index is 0.406. The third-order valence-electron chi connectivity index (χ3n) is 12.1. The van der Waals surface area contributed by atoms with Gasteiger partial charge in [0.25, 0.3) is 0 Å². The molecular formula is C53H33NO. The SMILES string of the molecule is c1ccc(N(c2ccccc2)c2cccc3oc4c5ccccc5c(-c5ccc6c(c5)C5(c7ccccc7-c7ccccc75)c5ccccc5-6)cc4c23)cc1. The molecule has 256 valence electrons. The van der Waals surface area contributed by atoms with Gasteiger partial charge in [-0.25, -0.2) is 0 Å². The molecule has 10 aromatic rings. The molecule has 0 aliphatic heterocycles. The Morgan fingerprint density at radius 1 is 0.364 bits per heavy atom. The Hall–Kier alpha value is -7.16. The highest BCUT2D eigenvalue weighted by atomic mass is 16.3. The maximum absolute atomic E-state index is 6.86. The average molecular weight is 700 g/mol. The molecule has 2 aliphatic carbocycles. The van der Waals surface area contributed by atoms with Gasteiger partial charge in [0.2, 0.25) is 0 Å². The van der Waals surface area contributed by atoms with Crippen molar-refractivity contribution in [3.63, 3.8) is 0 Å². The zero-order valence-electron chi connectivity index (χ0n) is 29.9. The Morgan fingerprint density at radius 2 is 0.891 bits per heavy atom. The van der Waals surface area contributed by atoms with E-state index in [2.05, 4.69) is 205 Å². The monoisotopic (exact) mass is 699 g/mol. The molecule has 9 aromatic carbocycles. The first-order valence-electron chi connectivity index (χ1n) is 19.0. The van der Waals surface area contributed by atoms with Gasteiger partial charge in [0.05, 0.1) is 16.5 Å². The van der Waals surface area contributed by atoms with Crippen LogP contribution in [-0.2, 0) is 5.41 Å². The van der Waals surface area contributed by atoms with Gasteiger partial charge in [-0.05, 0) is 110 Å². The number of fused-ring (bicyclic) bond motifs is 15. The van der Waals surface area contributed by atoms with Crippen LogP contribution in [0.15, 0.2) is 205 Å². The highest BCUT2D eigenvalue weighted by Gasteiger charge is 2.51. The molecule has 0 unspecified atom stereocenters. The molecule has 0 N–H and O–H groups in total. The lowest BCUT2D eigenvalue weighted by Crippen LogP contribution is -2.25. The molecule has 1 spiro atoms. The molecule has 12 rings (SSSR count). The van der Waals surface area contributed by atoms with Gasteiger partial charge < -0.3 is 9.32 Å². The maximum atomic E-state index is 6.86. The highest BCUT2D eigenvalue weighted by Crippen LogP contribution is 2.63. The van der Waals surface area contributed by atoms with E-state index < -0.39 is 5.41 Å². The number of furan rings is 1. The molecule has 1 heterocycles. The molecule has 0 fully saturated rings. The molecule has 0 radical (unpaired) electrons. The molecule has 2 heteroatoms. The minimum Gasteiger partial charge on any atom is -0.455 e. The average Bonchev–Trinajstić information content (AvgIpc) is 3.89. The Bertz CT molecular complexity index is 3050. The van der Waals surface area contributed by atoms with E-state index in [4.69, 9.17) is 4.42 Å². The first kappa shape index (κ1) is 30.3. The summed E-state index contributed by atoms with van der Waals surface area (Å²) in [7, 11) is 0. The smallest absolute Gasteiger partial charge is 0.143 e. The Balaban J connectivity index is 1.15. The van der Waals surface area contributed by atoms with Crippen molar-refractivity contribution in [3.05, 3.63) is 222 Å². The topological polar surface area (TPSA) is 16.4 Å². The Kier molecular flexibility index (Phi) is 6.29. The number of hydrogen-bond donors (Lipinski definition) is 0. The summed E-state index contributed by atoms with van der Waals surface area (Å²) in [5.74, 6) is 0. The summed E-state index contributed by atoms with van der Waals surface area (Å²) >= 11 is 0. The first-order chi connectivity index (χ1) is 27.3. The van der Waals surface area contributed by atoms with Gasteiger partial charge in [-0.3, -0.25) is 0 Å². The van der Waals surface area contributed by atoms with E-state index in [-0.39, 0.29) is 0 Å². The van der Waals surface area contributed by atoms with Crippen molar-refractivity contribution in [2.75, 3.05) is 4.90 Å². The molecule has 0 saturated heterocycles. The van der Waals surface area contributed by atoms with Crippen molar-refractivity contribution in [1.29, 1.82) is 0 Å². The first-order valence-corrected chi connectivity index (χ1v) is 19.0. The second kappa shape index (κ2) is 11.4. The summed E-state index contributed by atoms with van der Waals surface area (Å²) in [6.45, 7) is 0. The van der Waals surface area contributed by atoms with Crippen molar-refractivity contribution in [3.8, 4) is 33.4 Å². The summed E-state index contributed by atoms with van der Waals surface area (Å²) in [5.41, 5.74) is 17.7. The zero-order chi connectivity index (χ0) is 36.1. The summed E-state index contributed by atoms with van der Waals surface area (Å²) in [5, 5.41) is 4.49. The van der Waals surface area contributed by atoms with Crippen LogP contribution in [0, 0.1) is 0 Å². The van der Waals surface area contributed by atoms with Crippen LogP contribution < -0.4 is 4.90 Å². The second-order valence-electron chi connectivity index (χ2n) is 14.8. The maximum Gasteiger partial charge on any atom is 0.143 e. The van der Waals surface area contributed by atoms with E-state index in [9.17, 15) is 0 Å². The molecule has 0 atom stereocenters. The summed E-state index contributed by atoms with van der Waals surface area (Å²) < 4.78 is 6.86. The third-order valence-corrected chi connectivity index (χ3v) is 12.1. The summed E-state index contributed by atoms with van der Waals surface area (Å²) in [6, 6.07) is 73.0. The lowest BCUT2D eigenvalue weighted by Gasteiger charge is -2.30. The fourth-order valence-corrected chi connectivity index (χ4v) is 9.90. The van der Waals surface area contributed by atoms with E-state index in [0.717, 1.165) is 44.4 Å². The highest BCUT2D eigenvalue weighted by molar-refractivity contribution is 6.22. The largest absolute Gasteiger partial charge is 0.455 e. The lowest BCUT2D eigenvalue weighted by atomic mass is 9.70. The second-order valence-corrected chi connectivity index (χ2v) is 14.8. The zero-order valence-corrected chi connectivity index (χ0v) is 29.9. The molecule has 2 nitrogen and oxygen atoms in total. The van der Waals surface area contributed by atoms with Crippen LogP contribution in [0.3, 0.4) is 0 Å². The number of benzene rings is 9. The van der Waals surface area contributed by atoms with Gasteiger partial charge in [-0.1, -0.05) is 152 Å². The van der Waals surface area contributed by atoms with Crippen LogP contribution in [-0.4, -0.2) is 0 Å². The third kappa shape index (κ3) is 4.08. The van der Waals surface area contributed by atoms with Crippen molar-refractivity contribution < 1.29 is 4.42 Å². The van der Waals surface area contributed by atoms with Crippen molar-refractivity contribution in [1.82, 2.24) is 0 Å². The molecule has 55 heavy (non-hydrogen) atoms. The number of nitrogens with zero attached hydrogens (tertiary/aromatic N) is 1. The molecular weight excluding hydrogens is 667 g/mol. The summed E-state index contributed by atoms with van der Waals surface area (Å²) in [6.07, 6.45) is 0. The predicted molar refractivity (Wildman–Crippen MR) is 228 cm³/mol. The van der Waals surface area contributed by atoms with Crippen molar-refractivity contribution in [2.24, 2.45) is 0 Å². The van der Waals surface area contributed by atoms with Gasteiger partial charge in [0.15, 0.2) is 0 Å². The number of anilines is 3. The number of rotatable bonds is 4. The predicted octanol–water partition coefficient (Wildman–Crippen LogP) is 14.2. The van der Waals surface area contributed by atoms with Gasteiger partial charge >= 0.3 is 0 Å². The number of para-hydroxylation sites is 2. The molecule has 1 aromatic heterocycles. The van der Waals surface area contributed by atoms with Crippen LogP contribution >= 0.6 is 0 Å². The van der Waals surface area contributed by atoms with Crippen molar-refractivity contribution >= 4 is 49.8 Å². The molecule has 0 saturated carbocycles. The van der Waals surface area contributed by atoms with Gasteiger partial charge in [-0.2, -0.15) is 0 Å². The standard InChI is InChI=1S/C53H33NO/c1-3-16-35(17-4-1)54(36-18-5-2-6-19-36)49-28-15-29-50-51(49)44-33-43(37-20-7-8-24-42(37)52(44)55-50)34-30-31-41-40-23-11-14-27-47(40)53(48(41)32-34)45-25-12-9-21-38(45)39-22-10-13-26-46(39)53/h1-33H. The van der Waals surface area contributed by atoms with Crippen LogP contribution in [0.5, 0.6) is 0 Å². The molecule has 2 aliphatic rings. The normalized spacial score (nSPS) is 13.2. The van der Waals surface area contributed by atoms with Gasteiger partial charge in [-0.15, -0.1) is 0 Å². The van der Waals surface area contributed by atoms with E-state index in [1.54, 1.807) is 0 Å². The van der Waals surface area contributed by atoms with Crippen LogP contribution in [0.25, 0.3) is 66.1 Å². The van der Waals surface area contributed by atoms with Crippen LogP contribution in [0.2, 0.25) is 0 Å². The Morgan fingerprint density at radius 3 is 1.51 bits per heavy atom. The van der Waals surface area contributed by atoms with Gasteiger partial charge in [0, 0.05) is 22.1 Å². The van der Waals surface area contributed by atoms with E-state index in [1.165, 1.54) is 61.0 Å². The van der Waals surface area contributed by atoms with Gasteiger partial charge in [0.1, 0.15) is 11.2 Å².